The Kier molecular flexibility index (Phi) is 2.56. The van der Waals surface area contributed by atoms with E-state index in [-0.39, 0.29) is 0 Å². The summed E-state index contributed by atoms with van der Waals surface area (Å²) in [4.78, 5) is 0. The van der Waals surface area contributed by atoms with E-state index in [4.69, 9.17) is 0 Å². The van der Waals surface area contributed by atoms with Crippen LogP contribution in [0.4, 0.5) is 13.2 Å². The molecular formula is C6H7F3O6S2. The van der Waals surface area contributed by atoms with Crippen LogP contribution in [0, 0.1) is 5.41 Å². The molecule has 2 rings (SSSR count). The lowest BCUT2D eigenvalue weighted by Gasteiger charge is -2.26. The summed E-state index contributed by atoms with van der Waals surface area (Å²) in [5, 5.41) is 0. The van der Waals surface area contributed by atoms with Crippen molar-refractivity contribution in [1.82, 2.24) is 0 Å². The van der Waals surface area contributed by atoms with Gasteiger partial charge in [-0.05, 0) is 6.92 Å². The van der Waals surface area contributed by atoms with Gasteiger partial charge in [-0.3, -0.25) is 4.18 Å². The summed E-state index contributed by atoms with van der Waals surface area (Å²) >= 11 is 0. The Labute approximate surface area is 94.9 Å². The molecule has 5 unspecified atom stereocenters. The van der Waals surface area contributed by atoms with Crippen LogP contribution in [0.3, 0.4) is 0 Å². The zero-order valence-corrected chi connectivity index (χ0v) is 9.84. The lowest BCUT2D eigenvalue weighted by atomic mass is 9.85. The largest absolute Gasteiger partial charge is 0.303 e. The van der Waals surface area contributed by atoms with E-state index < -0.39 is 49.1 Å². The third kappa shape index (κ3) is 1.39. The summed E-state index contributed by atoms with van der Waals surface area (Å²) in [6.07, 6.45) is -4.78. The summed E-state index contributed by atoms with van der Waals surface area (Å²) in [6.45, 7) is 0.862. The second-order valence-electron chi connectivity index (χ2n) is 3.77. The first-order valence-corrected chi connectivity index (χ1v) is 7.27. The number of hydrogen-bond donors (Lipinski definition) is 0. The van der Waals surface area contributed by atoms with Gasteiger partial charge in [-0.2, -0.15) is 16.8 Å². The molecule has 0 radical (unpaired) electrons. The van der Waals surface area contributed by atoms with Gasteiger partial charge in [0.25, 0.3) is 0 Å². The first kappa shape index (κ1) is 13.1. The Bertz CT molecular complexity index is 492. The average Bonchev–Trinajstić information content (AvgIpc) is 2.43. The minimum absolute atomic E-state index is 0.862. The number of rotatable bonds is 0. The van der Waals surface area contributed by atoms with Crippen molar-refractivity contribution in [3.63, 3.8) is 0 Å². The Morgan fingerprint density at radius 1 is 0.941 bits per heavy atom. The molecule has 0 aromatic carbocycles. The Hall–Kier alpha value is -0.390. The fraction of sp³-hybridized carbons (Fsp3) is 1.00. The Morgan fingerprint density at radius 2 is 1.35 bits per heavy atom. The third-order valence-electron chi connectivity index (χ3n) is 2.89. The van der Waals surface area contributed by atoms with Crippen LogP contribution in [0.5, 0.6) is 0 Å². The topological polar surface area (TPSA) is 86.7 Å². The van der Waals surface area contributed by atoms with Crippen LogP contribution >= 0.6 is 0 Å². The molecule has 0 saturated carbocycles. The van der Waals surface area contributed by atoms with Gasteiger partial charge < -0.3 is 0 Å². The van der Waals surface area contributed by atoms with Crippen molar-refractivity contribution in [1.29, 1.82) is 0 Å². The molecule has 1 spiro atoms. The highest BCUT2D eigenvalue weighted by molar-refractivity contribution is 7.88. The maximum atomic E-state index is 13.6. The smallest absolute Gasteiger partial charge is 0.264 e. The van der Waals surface area contributed by atoms with E-state index in [9.17, 15) is 30.0 Å². The molecule has 2 saturated heterocycles. The fourth-order valence-corrected chi connectivity index (χ4v) is 5.03. The van der Waals surface area contributed by atoms with Crippen molar-refractivity contribution in [2.75, 3.05) is 0 Å². The lowest BCUT2D eigenvalue weighted by molar-refractivity contribution is -0.0905. The maximum Gasteiger partial charge on any atom is 0.303 e. The van der Waals surface area contributed by atoms with Crippen LogP contribution in [-0.2, 0) is 28.6 Å². The first-order chi connectivity index (χ1) is 7.57. The van der Waals surface area contributed by atoms with Crippen molar-refractivity contribution in [2.45, 2.75) is 30.4 Å². The van der Waals surface area contributed by atoms with Crippen LogP contribution in [0.15, 0.2) is 0 Å². The molecule has 2 heterocycles. The van der Waals surface area contributed by atoms with Crippen molar-refractivity contribution >= 4 is 20.2 Å². The summed E-state index contributed by atoms with van der Waals surface area (Å²) in [5.74, 6) is 0. The zero-order chi connectivity index (χ0) is 13.2. The molecule has 0 N–H and O–H groups in total. The van der Waals surface area contributed by atoms with Crippen LogP contribution < -0.4 is 0 Å². The van der Waals surface area contributed by atoms with E-state index in [1.54, 1.807) is 0 Å². The number of hydrogen-bond acceptors (Lipinski definition) is 6. The third-order valence-corrected chi connectivity index (χ3v) is 5.71. The molecule has 0 aliphatic carbocycles. The lowest BCUT2D eigenvalue weighted by Crippen LogP contribution is -2.48. The average molecular weight is 296 g/mol. The minimum atomic E-state index is -5.01. The van der Waals surface area contributed by atoms with Gasteiger partial charge in [-0.1, -0.05) is 0 Å². The van der Waals surface area contributed by atoms with E-state index in [0.29, 0.717) is 0 Å². The fourth-order valence-electron chi connectivity index (χ4n) is 1.95. The molecule has 0 aromatic rings. The minimum Gasteiger partial charge on any atom is -0.264 e. The van der Waals surface area contributed by atoms with E-state index >= 15 is 0 Å². The highest BCUT2D eigenvalue weighted by Gasteiger charge is 2.76. The summed E-state index contributed by atoms with van der Waals surface area (Å²) in [6, 6.07) is 0. The van der Waals surface area contributed by atoms with Crippen LogP contribution in [0.25, 0.3) is 0 Å². The second kappa shape index (κ2) is 3.33. The second-order valence-corrected chi connectivity index (χ2v) is 6.95. The van der Waals surface area contributed by atoms with Gasteiger partial charge in [0.2, 0.25) is 17.4 Å². The van der Waals surface area contributed by atoms with E-state index in [1.165, 1.54) is 0 Å². The van der Waals surface area contributed by atoms with E-state index in [0.717, 1.165) is 6.92 Å². The quantitative estimate of drug-likeness (QED) is 0.583. The molecule has 0 aromatic heterocycles. The van der Waals surface area contributed by atoms with Gasteiger partial charge in [-0.25, -0.2) is 17.4 Å². The van der Waals surface area contributed by atoms with Crippen LogP contribution in [0.1, 0.15) is 6.92 Å². The molecule has 11 heteroatoms. The first-order valence-electron chi connectivity index (χ1n) is 4.33. The normalized spacial score (nSPS) is 52.0. The van der Waals surface area contributed by atoms with Crippen molar-refractivity contribution in [3.8, 4) is 0 Å². The highest BCUT2D eigenvalue weighted by atomic mass is 32.2. The van der Waals surface area contributed by atoms with E-state index in [1.807, 2.05) is 0 Å². The Morgan fingerprint density at radius 3 is 1.59 bits per heavy atom. The summed E-state index contributed by atoms with van der Waals surface area (Å²) in [7, 11) is -9.88. The van der Waals surface area contributed by atoms with Crippen molar-refractivity contribution in [2.24, 2.45) is 5.41 Å². The molecule has 5 atom stereocenters. The number of halogens is 3. The van der Waals surface area contributed by atoms with Crippen molar-refractivity contribution in [3.05, 3.63) is 0 Å². The van der Waals surface area contributed by atoms with Gasteiger partial charge in [0, 0.05) is 0 Å². The molecule has 2 aliphatic rings. The van der Waals surface area contributed by atoms with Gasteiger partial charge in [0.1, 0.15) is 0 Å². The zero-order valence-electron chi connectivity index (χ0n) is 8.21. The maximum absolute atomic E-state index is 13.6. The molecule has 17 heavy (non-hydrogen) atoms. The van der Waals surface area contributed by atoms with Crippen LogP contribution in [-0.4, -0.2) is 40.3 Å². The summed E-state index contributed by atoms with van der Waals surface area (Å²) in [5.41, 5.74) is -9.32. The monoisotopic (exact) mass is 296 g/mol. The molecule has 2 fully saturated rings. The molecule has 100 valence electrons. The summed E-state index contributed by atoms with van der Waals surface area (Å²) < 4.78 is 92.5. The van der Waals surface area contributed by atoms with Gasteiger partial charge in [0.15, 0.2) is 5.41 Å². The molecular weight excluding hydrogens is 289 g/mol. The van der Waals surface area contributed by atoms with E-state index in [2.05, 4.69) is 8.37 Å². The van der Waals surface area contributed by atoms with Gasteiger partial charge >= 0.3 is 20.2 Å². The predicted molar refractivity (Wildman–Crippen MR) is 46.6 cm³/mol. The number of alkyl halides is 3. The predicted octanol–water partition coefficient (Wildman–Crippen LogP) is -0.0319. The molecule has 6 nitrogen and oxygen atoms in total. The van der Waals surface area contributed by atoms with Crippen molar-refractivity contribution < 1.29 is 38.4 Å². The highest BCUT2D eigenvalue weighted by Crippen LogP contribution is 2.55. The molecule has 0 bridgehead atoms. The Balaban J connectivity index is 2.65. The van der Waals surface area contributed by atoms with Gasteiger partial charge in [0.05, 0.1) is 6.10 Å². The molecule has 0 amide bonds. The molecule has 2 aliphatic heterocycles. The SMILES string of the molecule is CC1OS(=O)(=O)C(F)C12C(F)OS(=O)(=O)C2F. The van der Waals surface area contributed by atoms with Gasteiger partial charge in [-0.15, -0.1) is 0 Å². The van der Waals surface area contributed by atoms with Crippen LogP contribution in [0.2, 0.25) is 0 Å². The standard InChI is InChI=1S/C6H7F3O6S2/c1-2-6(4(8)16(10,11)14-2)3(7)15-17(12,13)5(6)9/h2-5H,1H3.